The third-order valence-electron chi connectivity index (χ3n) is 6.63. The van der Waals surface area contributed by atoms with Crippen molar-refractivity contribution in [3.8, 4) is 0 Å². The lowest BCUT2D eigenvalue weighted by Gasteiger charge is -2.26. The Labute approximate surface area is 123 Å². The summed E-state index contributed by atoms with van der Waals surface area (Å²) < 4.78 is 0. The Bertz CT molecular complexity index is 420. The highest BCUT2D eigenvalue weighted by Crippen LogP contribution is 2.68. The summed E-state index contributed by atoms with van der Waals surface area (Å²) in [5.41, 5.74) is 0.548. The number of nitrogens with zero attached hydrogens (tertiary/aromatic N) is 1. The van der Waals surface area contributed by atoms with Gasteiger partial charge in [-0.05, 0) is 41.9 Å². The topological polar surface area (TPSA) is 32.3 Å². The molecule has 3 aliphatic rings. The molecule has 2 saturated carbocycles. The highest BCUT2D eigenvalue weighted by Gasteiger charge is 2.67. The highest BCUT2D eigenvalue weighted by atomic mass is 16.2. The molecule has 1 unspecified atom stereocenters. The van der Waals surface area contributed by atoms with Crippen LogP contribution in [0.2, 0.25) is 0 Å². The van der Waals surface area contributed by atoms with Crippen LogP contribution in [0.4, 0.5) is 0 Å². The predicted octanol–water partition coefficient (Wildman–Crippen LogP) is 3.01. The smallest absolute Gasteiger partial charge is 0.244 e. The molecule has 1 N–H and O–H groups in total. The Balaban J connectivity index is 1.75. The minimum atomic E-state index is -0.164. The van der Waals surface area contributed by atoms with Crippen molar-refractivity contribution in [2.24, 2.45) is 22.7 Å². The van der Waals surface area contributed by atoms with Gasteiger partial charge in [-0.2, -0.15) is 0 Å². The molecule has 3 rings (SSSR count). The Hall–Kier alpha value is -0.570. The molecule has 3 heteroatoms. The van der Waals surface area contributed by atoms with E-state index in [9.17, 15) is 4.79 Å². The molecular weight excluding hydrogens is 248 g/mol. The van der Waals surface area contributed by atoms with E-state index in [0.29, 0.717) is 28.6 Å². The molecule has 1 amide bonds. The van der Waals surface area contributed by atoms with Crippen molar-refractivity contribution in [3.63, 3.8) is 0 Å². The van der Waals surface area contributed by atoms with Crippen LogP contribution in [0, 0.1) is 22.7 Å². The van der Waals surface area contributed by atoms with Crippen molar-refractivity contribution in [2.45, 2.75) is 72.5 Å². The fourth-order valence-electron chi connectivity index (χ4n) is 4.19. The highest BCUT2D eigenvalue weighted by molar-refractivity contribution is 5.91. The molecule has 0 aromatic carbocycles. The van der Waals surface area contributed by atoms with E-state index < -0.39 is 0 Å². The number of hydrogen-bond acceptors (Lipinski definition) is 2. The fourth-order valence-corrected chi connectivity index (χ4v) is 4.19. The maximum Gasteiger partial charge on any atom is 0.244 e. The van der Waals surface area contributed by atoms with Gasteiger partial charge in [0, 0.05) is 6.54 Å². The van der Waals surface area contributed by atoms with Crippen LogP contribution in [0.1, 0.15) is 60.8 Å². The zero-order valence-electron chi connectivity index (χ0n) is 13.9. The Morgan fingerprint density at radius 2 is 1.75 bits per heavy atom. The van der Waals surface area contributed by atoms with Crippen LogP contribution in [0.25, 0.3) is 0 Å². The first-order valence-electron chi connectivity index (χ1n) is 8.20. The number of carbonyl (C=O) groups excluding carboxylic acids is 1. The molecule has 1 atom stereocenters. The average molecular weight is 278 g/mol. The van der Waals surface area contributed by atoms with Gasteiger partial charge in [-0.15, -0.1) is 0 Å². The van der Waals surface area contributed by atoms with Crippen molar-refractivity contribution in [3.05, 3.63) is 0 Å². The minimum absolute atomic E-state index is 0.164. The van der Waals surface area contributed by atoms with Gasteiger partial charge >= 0.3 is 0 Å². The van der Waals surface area contributed by atoms with E-state index in [4.69, 9.17) is 0 Å². The lowest BCUT2D eigenvalue weighted by Crippen LogP contribution is -2.40. The summed E-state index contributed by atoms with van der Waals surface area (Å²) in [5, 5.41) is 3.64. The van der Waals surface area contributed by atoms with Crippen molar-refractivity contribution >= 4 is 5.91 Å². The van der Waals surface area contributed by atoms with E-state index in [1.807, 2.05) is 0 Å². The number of nitrogens with one attached hydrogen (secondary N) is 1. The number of hydrogen-bond donors (Lipinski definition) is 1. The zero-order chi connectivity index (χ0) is 14.9. The van der Waals surface area contributed by atoms with Gasteiger partial charge in [0.1, 0.15) is 0 Å². The quantitative estimate of drug-likeness (QED) is 0.857. The number of amides is 1. The van der Waals surface area contributed by atoms with Crippen LogP contribution in [-0.4, -0.2) is 29.1 Å². The Morgan fingerprint density at radius 1 is 1.20 bits per heavy atom. The predicted molar refractivity (Wildman–Crippen MR) is 81.1 cm³/mol. The molecule has 1 aliphatic heterocycles. The maximum absolute atomic E-state index is 12.7. The molecule has 3 fully saturated rings. The van der Waals surface area contributed by atoms with E-state index in [1.165, 1.54) is 0 Å². The van der Waals surface area contributed by atoms with Crippen LogP contribution >= 0.6 is 0 Å². The summed E-state index contributed by atoms with van der Waals surface area (Å²) in [7, 11) is 0. The first-order valence-corrected chi connectivity index (χ1v) is 8.20. The third kappa shape index (κ3) is 1.85. The van der Waals surface area contributed by atoms with Gasteiger partial charge in [-0.25, -0.2) is 0 Å². The first kappa shape index (κ1) is 14.4. The van der Waals surface area contributed by atoms with E-state index in [2.05, 4.69) is 51.8 Å². The van der Waals surface area contributed by atoms with Gasteiger partial charge in [-0.3, -0.25) is 10.1 Å². The second kappa shape index (κ2) is 4.00. The van der Waals surface area contributed by atoms with Crippen molar-refractivity contribution in [1.29, 1.82) is 0 Å². The monoisotopic (exact) mass is 278 g/mol. The molecule has 1 heterocycles. The SMILES string of the molecule is CC(C)CC1NC2(CC2)C(=O)N1CC1C(C)(C)C1(C)C. The fraction of sp³-hybridized carbons (Fsp3) is 0.941. The van der Waals surface area contributed by atoms with Gasteiger partial charge in [0.2, 0.25) is 5.91 Å². The van der Waals surface area contributed by atoms with E-state index in [-0.39, 0.29) is 11.7 Å². The van der Waals surface area contributed by atoms with Crippen LogP contribution in [-0.2, 0) is 4.79 Å². The Morgan fingerprint density at radius 3 is 2.15 bits per heavy atom. The summed E-state index contributed by atoms with van der Waals surface area (Å²) >= 11 is 0. The maximum atomic E-state index is 12.7. The molecule has 2 aliphatic carbocycles. The molecule has 0 aromatic heterocycles. The summed E-state index contributed by atoms with van der Waals surface area (Å²) in [5.74, 6) is 1.63. The van der Waals surface area contributed by atoms with Gasteiger partial charge in [0.05, 0.1) is 11.7 Å². The molecule has 0 bridgehead atoms. The van der Waals surface area contributed by atoms with Gasteiger partial charge in [0.15, 0.2) is 0 Å². The molecule has 1 saturated heterocycles. The summed E-state index contributed by atoms with van der Waals surface area (Å²) in [6.45, 7) is 14.8. The van der Waals surface area contributed by atoms with Gasteiger partial charge in [-0.1, -0.05) is 41.5 Å². The van der Waals surface area contributed by atoms with Crippen LogP contribution in [0.3, 0.4) is 0 Å². The first-order chi connectivity index (χ1) is 9.12. The number of rotatable bonds is 4. The largest absolute Gasteiger partial charge is 0.325 e. The number of carbonyl (C=O) groups is 1. The van der Waals surface area contributed by atoms with Crippen molar-refractivity contribution in [1.82, 2.24) is 10.2 Å². The molecule has 20 heavy (non-hydrogen) atoms. The molecule has 0 radical (unpaired) electrons. The van der Waals surface area contributed by atoms with Crippen LogP contribution in [0.5, 0.6) is 0 Å². The average Bonchev–Trinajstić information content (AvgIpc) is 3.11. The van der Waals surface area contributed by atoms with Crippen LogP contribution < -0.4 is 5.32 Å². The summed E-state index contributed by atoms with van der Waals surface area (Å²) in [6, 6.07) is 0. The van der Waals surface area contributed by atoms with Gasteiger partial charge < -0.3 is 4.90 Å². The Kier molecular flexibility index (Phi) is 2.87. The third-order valence-corrected chi connectivity index (χ3v) is 6.63. The molecule has 3 nitrogen and oxygen atoms in total. The summed E-state index contributed by atoms with van der Waals surface area (Å²) in [4.78, 5) is 14.9. The lowest BCUT2D eigenvalue weighted by atomic mass is 10.0. The van der Waals surface area contributed by atoms with Crippen LogP contribution in [0.15, 0.2) is 0 Å². The summed E-state index contributed by atoms with van der Waals surface area (Å²) in [6.07, 6.45) is 3.40. The zero-order valence-corrected chi connectivity index (χ0v) is 13.9. The van der Waals surface area contributed by atoms with E-state index >= 15 is 0 Å². The van der Waals surface area contributed by atoms with E-state index in [0.717, 1.165) is 25.8 Å². The minimum Gasteiger partial charge on any atom is -0.325 e. The molecular formula is C17H30N2O. The normalized spacial score (nSPS) is 33.2. The van der Waals surface area contributed by atoms with Gasteiger partial charge in [0.25, 0.3) is 0 Å². The molecule has 0 aromatic rings. The van der Waals surface area contributed by atoms with Crippen molar-refractivity contribution < 1.29 is 4.79 Å². The van der Waals surface area contributed by atoms with E-state index in [1.54, 1.807) is 0 Å². The molecule has 1 spiro atoms. The second-order valence-corrected chi connectivity index (χ2v) is 8.83. The van der Waals surface area contributed by atoms with Crippen molar-refractivity contribution in [2.75, 3.05) is 6.54 Å². The standard InChI is InChI=1S/C17H30N2O/c1-11(2)9-13-18-17(7-8-17)14(20)19(13)10-12-15(3,4)16(12,5)6/h11-13,18H,7-10H2,1-6H3. The molecule has 114 valence electrons. The second-order valence-electron chi connectivity index (χ2n) is 8.83. The lowest BCUT2D eigenvalue weighted by molar-refractivity contribution is -0.131.